The number of amides is 1. The van der Waals surface area contributed by atoms with Crippen molar-refractivity contribution in [2.45, 2.75) is 0 Å². The molecule has 1 heterocycles. The van der Waals surface area contributed by atoms with Crippen molar-refractivity contribution >= 4 is 49.8 Å². The average Bonchev–Trinajstić information content (AvgIpc) is 2.79. The number of rotatable bonds is 2. The summed E-state index contributed by atoms with van der Waals surface area (Å²) >= 11 is 10.4. The summed E-state index contributed by atoms with van der Waals surface area (Å²) in [6.45, 7) is 0. The maximum Gasteiger partial charge on any atom is 0.256 e. The number of carbonyl (C=O) groups is 1. The molecule has 0 saturated carbocycles. The molecule has 0 aliphatic rings. The molecule has 0 saturated heterocycles. The van der Waals surface area contributed by atoms with E-state index < -0.39 is 0 Å². The van der Waals surface area contributed by atoms with E-state index in [9.17, 15) is 4.79 Å². The molecule has 1 aromatic heterocycles. The molecule has 0 radical (unpaired) electrons. The molecular formula is C12H6BrClN2OS. The Labute approximate surface area is 121 Å². The quantitative estimate of drug-likeness (QED) is 0.886. The van der Waals surface area contributed by atoms with E-state index in [1.165, 1.54) is 11.3 Å². The molecule has 0 aliphatic carbocycles. The van der Waals surface area contributed by atoms with Gasteiger partial charge in [0.2, 0.25) is 0 Å². The first kappa shape index (κ1) is 13.1. The fraction of sp³-hybridized carbons (Fsp3) is 0. The van der Waals surface area contributed by atoms with Gasteiger partial charge in [-0.15, -0.1) is 11.3 Å². The lowest BCUT2D eigenvalue weighted by atomic mass is 10.2. The monoisotopic (exact) mass is 340 g/mol. The molecule has 0 atom stereocenters. The van der Waals surface area contributed by atoms with Crippen molar-refractivity contribution in [1.29, 1.82) is 5.26 Å². The second kappa shape index (κ2) is 5.53. The summed E-state index contributed by atoms with van der Waals surface area (Å²) < 4.78 is 0.656. The zero-order valence-electron chi connectivity index (χ0n) is 8.91. The van der Waals surface area contributed by atoms with E-state index in [4.69, 9.17) is 16.9 Å². The maximum atomic E-state index is 12.0. The highest BCUT2D eigenvalue weighted by Crippen LogP contribution is 2.25. The number of anilines is 1. The minimum absolute atomic E-state index is 0.272. The van der Waals surface area contributed by atoms with Gasteiger partial charge in [0.15, 0.2) is 0 Å². The van der Waals surface area contributed by atoms with Crippen LogP contribution in [0, 0.1) is 11.3 Å². The number of hydrogen-bond donors (Lipinski definition) is 1. The Morgan fingerprint density at radius 1 is 1.44 bits per heavy atom. The van der Waals surface area contributed by atoms with Gasteiger partial charge in [0.05, 0.1) is 10.6 Å². The summed E-state index contributed by atoms with van der Waals surface area (Å²) in [7, 11) is 0. The van der Waals surface area contributed by atoms with Gasteiger partial charge in [0.25, 0.3) is 5.91 Å². The highest BCUT2D eigenvalue weighted by Gasteiger charge is 2.11. The number of carbonyl (C=O) groups excluding carboxylic acids is 1. The van der Waals surface area contributed by atoms with E-state index >= 15 is 0 Å². The van der Waals surface area contributed by atoms with Crippen LogP contribution in [0.2, 0.25) is 5.02 Å². The van der Waals surface area contributed by atoms with Crippen LogP contribution >= 0.6 is 38.9 Å². The molecule has 18 heavy (non-hydrogen) atoms. The number of nitriles is 1. The SMILES string of the molecule is N#Cc1ccsc1NC(=O)c1ccc(Cl)c(Br)c1. The fourth-order valence-electron chi connectivity index (χ4n) is 1.31. The highest BCUT2D eigenvalue weighted by molar-refractivity contribution is 9.10. The summed E-state index contributed by atoms with van der Waals surface area (Å²) in [6, 6.07) is 8.59. The molecule has 2 aromatic rings. The Morgan fingerprint density at radius 2 is 2.22 bits per heavy atom. The zero-order chi connectivity index (χ0) is 13.1. The van der Waals surface area contributed by atoms with Crippen molar-refractivity contribution in [3.8, 4) is 6.07 Å². The number of hydrogen-bond acceptors (Lipinski definition) is 3. The van der Waals surface area contributed by atoms with Gasteiger partial charge in [0, 0.05) is 10.0 Å². The first-order chi connectivity index (χ1) is 8.61. The van der Waals surface area contributed by atoms with E-state index in [2.05, 4.69) is 21.2 Å². The Bertz CT molecular complexity index is 648. The van der Waals surface area contributed by atoms with Crippen molar-refractivity contribution in [3.05, 3.63) is 50.3 Å². The Hall–Kier alpha value is -1.35. The normalized spacial score (nSPS) is 9.83. The molecule has 1 N–H and O–H groups in total. The van der Waals surface area contributed by atoms with Crippen LogP contribution in [0.5, 0.6) is 0 Å². The van der Waals surface area contributed by atoms with Crippen LogP contribution in [0.4, 0.5) is 5.00 Å². The van der Waals surface area contributed by atoms with Crippen LogP contribution in [0.15, 0.2) is 34.1 Å². The molecular weight excluding hydrogens is 336 g/mol. The van der Waals surface area contributed by atoms with E-state index in [0.717, 1.165) is 0 Å². The van der Waals surface area contributed by atoms with Crippen molar-refractivity contribution in [2.75, 3.05) is 5.32 Å². The van der Waals surface area contributed by atoms with E-state index in [0.29, 0.717) is 25.6 Å². The summed E-state index contributed by atoms with van der Waals surface area (Å²) in [4.78, 5) is 12.0. The minimum Gasteiger partial charge on any atom is -0.312 e. The van der Waals surface area contributed by atoms with Gasteiger partial charge >= 0.3 is 0 Å². The smallest absolute Gasteiger partial charge is 0.256 e. The summed E-state index contributed by atoms with van der Waals surface area (Å²) in [5, 5.41) is 14.4. The summed E-state index contributed by atoms with van der Waals surface area (Å²) in [6.07, 6.45) is 0. The first-order valence-corrected chi connectivity index (χ1v) is 6.91. The molecule has 0 spiro atoms. The molecule has 0 aliphatic heterocycles. The van der Waals surface area contributed by atoms with E-state index in [1.807, 2.05) is 6.07 Å². The van der Waals surface area contributed by atoms with Crippen LogP contribution in [-0.2, 0) is 0 Å². The topological polar surface area (TPSA) is 52.9 Å². The predicted octanol–water partition coefficient (Wildman–Crippen LogP) is 4.29. The zero-order valence-corrected chi connectivity index (χ0v) is 12.1. The molecule has 90 valence electrons. The third-order valence-electron chi connectivity index (χ3n) is 2.19. The second-order valence-corrected chi connectivity index (χ2v) is 5.54. The molecule has 0 bridgehead atoms. The molecule has 0 fully saturated rings. The highest BCUT2D eigenvalue weighted by atomic mass is 79.9. The standard InChI is InChI=1S/C12H6BrClN2OS/c13-9-5-7(1-2-10(9)14)11(17)16-12-8(6-15)3-4-18-12/h1-5H,(H,16,17). The number of halogens is 2. The largest absolute Gasteiger partial charge is 0.312 e. The Kier molecular flexibility index (Phi) is 4.02. The number of benzene rings is 1. The first-order valence-electron chi connectivity index (χ1n) is 4.86. The molecule has 1 amide bonds. The number of nitrogens with one attached hydrogen (secondary N) is 1. The Balaban J connectivity index is 2.23. The van der Waals surface area contributed by atoms with Gasteiger partial charge in [0.1, 0.15) is 11.1 Å². The number of thiophene rings is 1. The molecule has 1 aromatic carbocycles. The van der Waals surface area contributed by atoms with Crippen LogP contribution in [0.3, 0.4) is 0 Å². The van der Waals surface area contributed by atoms with Gasteiger partial charge in [-0.1, -0.05) is 11.6 Å². The summed E-state index contributed by atoms with van der Waals surface area (Å²) in [5.74, 6) is -0.272. The molecule has 2 rings (SSSR count). The van der Waals surface area contributed by atoms with Gasteiger partial charge in [-0.25, -0.2) is 0 Å². The third kappa shape index (κ3) is 2.72. The van der Waals surface area contributed by atoms with Crippen LogP contribution in [0.25, 0.3) is 0 Å². The van der Waals surface area contributed by atoms with Crippen LogP contribution < -0.4 is 5.32 Å². The molecule has 3 nitrogen and oxygen atoms in total. The van der Waals surface area contributed by atoms with Gasteiger partial charge in [-0.3, -0.25) is 4.79 Å². The van der Waals surface area contributed by atoms with Crippen molar-refractivity contribution in [1.82, 2.24) is 0 Å². The summed E-state index contributed by atoms with van der Waals surface area (Å²) in [5.41, 5.74) is 0.935. The molecule has 0 unspecified atom stereocenters. The van der Waals surface area contributed by atoms with Crippen molar-refractivity contribution < 1.29 is 4.79 Å². The van der Waals surface area contributed by atoms with Crippen LogP contribution in [0.1, 0.15) is 15.9 Å². The lowest BCUT2D eigenvalue weighted by Gasteiger charge is -2.04. The second-order valence-electron chi connectivity index (χ2n) is 3.36. The lowest BCUT2D eigenvalue weighted by Crippen LogP contribution is -2.11. The van der Waals surface area contributed by atoms with Crippen LogP contribution in [-0.4, -0.2) is 5.91 Å². The van der Waals surface area contributed by atoms with Gasteiger partial charge in [-0.2, -0.15) is 5.26 Å². The van der Waals surface area contributed by atoms with Crippen molar-refractivity contribution in [2.24, 2.45) is 0 Å². The maximum absolute atomic E-state index is 12.0. The number of nitrogens with zero attached hydrogens (tertiary/aromatic N) is 1. The van der Waals surface area contributed by atoms with Gasteiger partial charge < -0.3 is 5.32 Å². The predicted molar refractivity (Wildman–Crippen MR) is 76.1 cm³/mol. The van der Waals surface area contributed by atoms with Gasteiger partial charge in [-0.05, 0) is 45.6 Å². The van der Waals surface area contributed by atoms with Crippen molar-refractivity contribution in [3.63, 3.8) is 0 Å². The lowest BCUT2D eigenvalue weighted by molar-refractivity contribution is 0.102. The third-order valence-corrected chi connectivity index (χ3v) is 4.24. The Morgan fingerprint density at radius 3 is 2.89 bits per heavy atom. The fourth-order valence-corrected chi connectivity index (χ4v) is 2.54. The average molecular weight is 342 g/mol. The van der Waals surface area contributed by atoms with E-state index in [-0.39, 0.29) is 5.91 Å². The molecule has 6 heteroatoms. The van der Waals surface area contributed by atoms with E-state index in [1.54, 1.807) is 29.6 Å². The minimum atomic E-state index is -0.272.